The zero-order valence-corrected chi connectivity index (χ0v) is 12.7. The first-order valence-electron chi connectivity index (χ1n) is 9.00. The highest BCUT2D eigenvalue weighted by molar-refractivity contribution is 5.75. The fourth-order valence-corrected chi connectivity index (χ4v) is 3.18. The Morgan fingerprint density at radius 3 is 0.263 bits per heavy atom. The first-order chi connectivity index (χ1) is 9.00. The van der Waals surface area contributed by atoms with Gasteiger partial charge in [-0.05, 0) is 11.0 Å². The minimum atomic E-state index is 0. The fourth-order valence-electron chi connectivity index (χ4n) is 3.18. The lowest BCUT2D eigenvalue weighted by Crippen LogP contribution is -1.85. The minimum Gasteiger partial charge on any atom is -0.0533 e. The van der Waals surface area contributed by atoms with Crippen LogP contribution >= 0.6 is 0 Å². The third-order valence-corrected chi connectivity index (χ3v) is 4.50. The van der Waals surface area contributed by atoms with Gasteiger partial charge in [0, 0.05) is 0 Å². The van der Waals surface area contributed by atoms with Crippen molar-refractivity contribution in [1.82, 2.24) is 0 Å². The molecule has 116 valence electrons. The molecule has 0 saturated heterocycles. The van der Waals surface area contributed by atoms with E-state index in [2.05, 4.69) is 0 Å². The molecule has 0 heterocycles. The molecule has 1 heteroatoms. The highest BCUT2D eigenvalue weighted by Gasteiger charge is 1.96. The van der Waals surface area contributed by atoms with Gasteiger partial charge in [-0.25, -0.2) is 0 Å². The average molecular weight is 285 g/mol. The van der Waals surface area contributed by atoms with Gasteiger partial charge in [0.25, 0.3) is 0 Å². The number of hydrogen-bond acceptors (Lipinski definition) is 0. The molecule has 1 aliphatic carbocycles. The topological polar surface area (TPSA) is 0 Å². The summed E-state index contributed by atoms with van der Waals surface area (Å²) in [5.41, 5.74) is 0. The summed E-state index contributed by atoms with van der Waals surface area (Å²) in [5.74, 6) is 0. The molecule has 0 N–H and O–H groups in total. The molecule has 0 spiro atoms. The van der Waals surface area contributed by atoms with Crippen LogP contribution in [-0.4, -0.2) is 11.0 Å². The molecule has 0 aromatic heterocycles. The van der Waals surface area contributed by atoms with Gasteiger partial charge in [0.2, 0.25) is 0 Å². The third kappa shape index (κ3) is 14.4. The highest BCUT2D eigenvalue weighted by Crippen LogP contribution is 2.16. The Kier molecular flexibility index (Phi) is 16.5. The van der Waals surface area contributed by atoms with Crippen molar-refractivity contribution in [3.8, 4) is 0 Å². The predicted octanol–water partition coefficient (Wildman–Crippen LogP) is 5.57. The van der Waals surface area contributed by atoms with Crippen molar-refractivity contribution < 1.29 is 0 Å². The van der Waals surface area contributed by atoms with Crippen LogP contribution in [0, 0.1) is 0 Å². The van der Waals surface area contributed by atoms with Gasteiger partial charge < -0.3 is 0 Å². The Bertz CT molecular complexity index is 80.7. The van der Waals surface area contributed by atoms with E-state index in [1.807, 2.05) is 0 Å². The van der Waals surface area contributed by atoms with E-state index in [1.165, 1.54) is 116 Å². The first kappa shape index (κ1) is 19.2. The van der Waals surface area contributed by atoms with Crippen molar-refractivity contribution in [2.24, 2.45) is 0 Å². The maximum absolute atomic E-state index is 1.50. The number of rotatable bonds is 0. The van der Waals surface area contributed by atoms with Crippen LogP contribution < -0.4 is 0 Å². The van der Waals surface area contributed by atoms with E-state index in [0.29, 0.717) is 0 Å². The normalized spacial score (nSPS) is 22.7. The first-order valence-corrected chi connectivity index (χ1v) is 9.00. The Hall–Kier alpha value is 0.217. The van der Waals surface area contributed by atoms with Gasteiger partial charge >= 0.3 is 0 Å². The van der Waals surface area contributed by atoms with Gasteiger partial charge in [-0.3, -0.25) is 0 Å². The van der Waals surface area contributed by atoms with E-state index < -0.39 is 0 Å². The molecule has 1 saturated carbocycles. The molecular formula is C18H40Si. The molecule has 1 aliphatic rings. The molecule has 0 bridgehead atoms. The van der Waals surface area contributed by atoms with Crippen molar-refractivity contribution in [2.45, 2.75) is 116 Å². The summed E-state index contributed by atoms with van der Waals surface area (Å²) in [7, 11) is 0. The summed E-state index contributed by atoms with van der Waals surface area (Å²) in [4.78, 5) is 0. The Morgan fingerprint density at radius 2 is 0.211 bits per heavy atom. The van der Waals surface area contributed by atoms with Crippen LogP contribution in [0.15, 0.2) is 0 Å². The van der Waals surface area contributed by atoms with E-state index in [1.54, 1.807) is 0 Å². The smallest absolute Gasteiger partial charge is 0.0149 e. The maximum Gasteiger partial charge on any atom is -0.0149 e. The molecule has 1 rings (SSSR count). The van der Waals surface area contributed by atoms with Gasteiger partial charge in [0.15, 0.2) is 0 Å². The lowest BCUT2D eigenvalue weighted by Gasteiger charge is -2.05. The Labute approximate surface area is 127 Å². The zero-order valence-electron chi connectivity index (χ0n) is 12.7. The summed E-state index contributed by atoms with van der Waals surface area (Å²) in [5, 5.41) is 0. The molecule has 0 atom stereocenters. The highest BCUT2D eigenvalue weighted by atomic mass is 28.1. The molecule has 0 radical (unpaired) electrons. The Balaban J connectivity index is 0.00000324. The van der Waals surface area contributed by atoms with E-state index in [9.17, 15) is 0 Å². The third-order valence-electron chi connectivity index (χ3n) is 4.50. The molecule has 0 amide bonds. The molecule has 0 aromatic carbocycles. The van der Waals surface area contributed by atoms with Gasteiger partial charge in [0.05, 0.1) is 0 Å². The van der Waals surface area contributed by atoms with E-state index in [0.717, 1.165) is 0 Å². The summed E-state index contributed by atoms with van der Waals surface area (Å²) in [6.07, 6.45) is 27.0. The second-order valence-electron chi connectivity index (χ2n) is 6.36. The summed E-state index contributed by atoms with van der Waals surface area (Å²) in [6.45, 7) is 0. The van der Waals surface area contributed by atoms with Crippen molar-refractivity contribution in [3.05, 3.63) is 0 Å². The van der Waals surface area contributed by atoms with Crippen molar-refractivity contribution in [1.29, 1.82) is 0 Å². The van der Waals surface area contributed by atoms with E-state index >= 15 is 0 Å². The van der Waals surface area contributed by atoms with Crippen LogP contribution in [0.1, 0.15) is 116 Å². The minimum absolute atomic E-state index is 0. The molecule has 0 nitrogen and oxygen atoms in total. The lowest BCUT2D eigenvalue weighted by molar-refractivity contribution is 0.504. The van der Waals surface area contributed by atoms with Gasteiger partial charge in [-0.15, -0.1) is 0 Å². The fraction of sp³-hybridized carbons (Fsp3) is 1.00. The SMILES string of the molecule is C1CCCCCCCCCCCCCCCCC1.[SiH4]. The largest absolute Gasteiger partial charge is 0.0533 e. The molecule has 0 aromatic rings. The van der Waals surface area contributed by atoms with E-state index in [-0.39, 0.29) is 11.0 Å². The molecule has 19 heavy (non-hydrogen) atoms. The quantitative estimate of drug-likeness (QED) is 0.510. The molecule has 0 unspecified atom stereocenters. The molecule has 1 fully saturated rings. The van der Waals surface area contributed by atoms with Gasteiger partial charge in [0.1, 0.15) is 0 Å². The average Bonchev–Trinajstić information content (AvgIpc) is 2.39. The number of hydrogen-bond donors (Lipinski definition) is 0. The predicted molar refractivity (Wildman–Crippen MR) is 94.4 cm³/mol. The lowest BCUT2D eigenvalue weighted by atomic mass is 10.0. The molecule has 0 aliphatic heterocycles. The van der Waals surface area contributed by atoms with Crippen molar-refractivity contribution in [3.63, 3.8) is 0 Å². The van der Waals surface area contributed by atoms with Crippen molar-refractivity contribution in [2.75, 3.05) is 0 Å². The van der Waals surface area contributed by atoms with Gasteiger partial charge in [-0.1, -0.05) is 116 Å². The summed E-state index contributed by atoms with van der Waals surface area (Å²) >= 11 is 0. The summed E-state index contributed by atoms with van der Waals surface area (Å²) in [6, 6.07) is 0. The zero-order chi connectivity index (χ0) is 12.7. The second kappa shape index (κ2) is 16.3. The Morgan fingerprint density at radius 1 is 0.158 bits per heavy atom. The second-order valence-corrected chi connectivity index (χ2v) is 6.36. The van der Waals surface area contributed by atoms with Crippen LogP contribution in [-0.2, 0) is 0 Å². The van der Waals surface area contributed by atoms with Crippen LogP contribution in [0.25, 0.3) is 0 Å². The van der Waals surface area contributed by atoms with Crippen LogP contribution in [0.2, 0.25) is 0 Å². The molecular weight excluding hydrogens is 244 g/mol. The maximum atomic E-state index is 1.50. The van der Waals surface area contributed by atoms with E-state index in [4.69, 9.17) is 0 Å². The summed E-state index contributed by atoms with van der Waals surface area (Å²) < 4.78 is 0. The van der Waals surface area contributed by atoms with Crippen molar-refractivity contribution >= 4 is 11.0 Å². The van der Waals surface area contributed by atoms with Crippen LogP contribution in [0.5, 0.6) is 0 Å². The van der Waals surface area contributed by atoms with Crippen LogP contribution in [0.4, 0.5) is 0 Å². The standard InChI is InChI=1S/C18H36.H4Si/c1-2-4-6-8-10-12-14-16-18-17-15-13-11-9-7-5-3-1;/h1-18H2;1H4. The van der Waals surface area contributed by atoms with Crippen LogP contribution in [0.3, 0.4) is 0 Å². The monoisotopic (exact) mass is 284 g/mol. The van der Waals surface area contributed by atoms with Gasteiger partial charge in [-0.2, -0.15) is 0 Å².